The molecule has 6 N–H and O–H groups in total. The maximum Gasteiger partial charge on any atom is 0.312 e. The van der Waals surface area contributed by atoms with Crippen LogP contribution in [-0.4, -0.2) is 73.5 Å². The number of rotatable bonds is 3. The monoisotopic (exact) mass is 613 g/mol. The maximum absolute atomic E-state index is 13.9. The molecule has 6 atom stereocenters. The molecule has 1 saturated carbocycles. The lowest BCUT2D eigenvalue weighted by atomic mass is 9.51. The van der Waals surface area contributed by atoms with Crippen molar-refractivity contribution in [2.45, 2.75) is 31.4 Å². The van der Waals surface area contributed by atoms with Crippen molar-refractivity contribution in [3.05, 3.63) is 47.8 Å². The van der Waals surface area contributed by atoms with Crippen molar-refractivity contribution in [3.8, 4) is 5.75 Å². The molecule has 1 aromatic rings. The summed E-state index contributed by atoms with van der Waals surface area (Å²) in [6.45, 7) is 3.35. The number of halogens is 1. The standard InChI is InChI=1S/C23H24IN3O9/c1-6-10-7(2)15-16(26(3)4)19(30)14(22(25)33)21(32)23(15,34)20(31)13(10)18(29)12-11(6)8(24)5-9(17(12)28)27(35)36/h5-7,10,15-16,28-29,32,34H,1-4H3,(H2,25,33)/t6-,7+,10+,15+,16+,23+/m1/s1. The zero-order chi connectivity index (χ0) is 27.2. The number of hydrogen-bond acceptors (Lipinski definition) is 10. The molecule has 0 unspecified atom stereocenters. The Labute approximate surface area is 218 Å². The number of ketones is 2. The highest BCUT2D eigenvalue weighted by atomic mass is 127. The summed E-state index contributed by atoms with van der Waals surface area (Å²) in [6.07, 6.45) is 0. The van der Waals surface area contributed by atoms with Gasteiger partial charge in [0.25, 0.3) is 5.91 Å². The largest absolute Gasteiger partial charge is 0.508 e. The van der Waals surface area contributed by atoms with Crippen LogP contribution in [-0.2, 0) is 14.4 Å². The Bertz CT molecular complexity index is 1330. The topological polar surface area (TPSA) is 205 Å². The van der Waals surface area contributed by atoms with Crippen molar-refractivity contribution >= 4 is 51.5 Å². The molecule has 0 radical (unpaired) electrons. The van der Waals surface area contributed by atoms with Gasteiger partial charge in [-0.2, -0.15) is 0 Å². The summed E-state index contributed by atoms with van der Waals surface area (Å²) in [4.78, 5) is 51.3. The second-order valence-electron chi connectivity index (χ2n) is 9.69. The van der Waals surface area contributed by atoms with Crippen LogP contribution in [0.15, 0.2) is 23.0 Å². The molecular weight excluding hydrogens is 589 g/mol. The number of primary amides is 1. The van der Waals surface area contributed by atoms with E-state index in [4.69, 9.17) is 5.73 Å². The van der Waals surface area contributed by atoms with E-state index in [1.165, 1.54) is 19.0 Å². The number of benzene rings is 1. The van der Waals surface area contributed by atoms with E-state index in [1.54, 1.807) is 13.8 Å². The summed E-state index contributed by atoms with van der Waals surface area (Å²) >= 11 is 1.85. The molecule has 0 aromatic heterocycles. The molecule has 3 aliphatic carbocycles. The van der Waals surface area contributed by atoms with Crippen molar-refractivity contribution in [1.29, 1.82) is 0 Å². The minimum atomic E-state index is -2.80. The fourth-order valence-corrected chi connectivity index (χ4v) is 7.37. The highest BCUT2D eigenvalue weighted by Crippen LogP contribution is 2.59. The van der Waals surface area contributed by atoms with E-state index < -0.39 is 86.2 Å². The molecule has 0 spiro atoms. The molecular formula is C23H24IN3O9. The first-order valence-electron chi connectivity index (χ1n) is 10.9. The molecule has 0 bridgehead atoms. The van der Waals surface area contributed by atoms with Crippen molar-refractivity contribution in [2.24, 2.45) is 23.5 Å². The first-order chi connectivity index (χ1) is 16.6. The smallest absolute Gasteiger partial charge is 0.312 e. The van der Waals surface area contributed by atoms with Crippen LogP contribution < -0.4 is 5.73 Å². The molecule has 0 saturated heterocycles. The van der Waals surface area contributed by atoms with E-state index in [1.807, 2.05) is 22.6 Å². The molecule has 0 heterocycles. The zero-order valence-corrected chi connectivity index (χ0v) is 21.8. The Kier molecular flexibility index (Phi) is 5.96. The van der Waals surface area contributed by atoms with Gasteiger partial charge < -0.3 is 26.2 Å². The van der Waals surface area contributed by atoms with Crippen molar-refractivity contribution in [3.63, 3.8) is 0 Å². The number of aliphatic hydroxyl groups excluding tert-OH is 2. The summed E-state index contributed by atoms with van der Waals surface area (Å²) < 4.78 is 0.369. The van der Waals surface area contributed by atoms with Gasteiger partial charge >= 0.3 is 5.69 Å². The van der Waals surface area contributed by atoms with Gasteiger partial charge in [0.1, 0.15) is 17.1 Å². The number of carbonyl (C=O) groups is 3. The lowest BCUT2D eigenvalue weighted by Gasteiger charge is -2.54. The van der Waals surface area contributed by atoms with E-state index in [0.29, 0.717) is 9.13 Å². The van der Waals surface area contributed by atoms with Gasteiger partial charge in [-0.1, -0.05) is 13.8 Å². The Morgan fingerprint density at radius 1 is 1.22 bits per heavy atom. The van der Waals surface area contributed by atoms with Crippen molar-refractivity contribution < 1.29 is 39.7 Å². The number of fused-ring (bicyclic) bond motifs is 3. The maximum atomic E-state index is 13.9. The average molecular weight is 613 g/mol. The third-order valence-electron chi connectivity index (χ3n) is 7.75. The third kappa shape index (κ3) is 3.08. The quantitative estimate of drug-likeness (QED) is 0.143. The number of carbonyl (C=O) groups excluding carboxylic acids is 3. The molecule has 1 amide bonds. The lowest BCUT2D eigenvalue weighted by Crippen LogP contribution is -2.68. The molecule has 192 valence electrons. The van der Waals surface area contributed by atoms with E-state index in [-0.39, 0.29) is 11.1 Å². The first kappa shape index (κ1) is 26.0. The van der Waals surface area contributed by atoms with Crippen molar-refractivity contribution in [2.75, 3.05) is 14.1 Å². The van der Waals surface area contributed by atoms with Gasteiger partial charge in [-0.3, -0.25) is 29.4 Å². The number of phenols is 1. The van der Waals surface area contributed by atoms with Crippen LogP contribution in [0.3, 0.4) is 0 Å². The number of nitrogens with zero attached hydrogens (tertiary/aromatic N) is 2. The fourth-order valence-electron chi connectivity index (χ4n) is 6.32. The summed E-state index contributed by atoms with van der Waals surface area (Å²) in [5.41, 5.74) is 0.616. The number of amides is 1. The third-order valence-corrected chi connectivity index (χ3v) is 8.64. The Hall–Kier alpha value is -3.04. The molecule has 0 aliphatic heterocycles. The number of likely N-dealkylation sites (N-methyl/N-ethyl adjacent to an activating group) is 1. The first-order valence-corrected chi connectivity index (χ1v) is 12.0. The number of phenolic OH excluding ortho intramolecular Hbond substituents is 1. The number of aliphatic hydroxyl groups is 3. The molecule has 13 heteroatoms. The molecule has 36 heavy (non-hydrogen) atoms. The van der Waals surface area contributed by atoms with Gasteiger partial charge in [-0.05, 0) is 54.1 Å². The summed E-state index contributed by atoms with van der Waals surface area (Å²) in [5.74, 6) is -9.55. The number of nitro benzene ring substituents is 1. The predicted molar refractivity (Wildman–Crippen MR) is 133 cm³/mol. The van der Waals surface area contributed by atoms with Crippen LogP contribution in [0, 0.1) is 31.4 Å². The molecule has 1 fully saturated rings. The number of hydrogen-bond donors (Lipinski definition) is 5. The Balaban J connectivity index is 2.10. The van der Waals surface area contributed by atoms with Gasteiger partial charge in [0, 0.05) is 27.0 Å². The molecule has 12 nitrogen and oxygen atoms in total. The number of aromatic hydroxyl groups is 1. The van der Waals surface area contributed by atoms with Crippen LogP contribution in [0.1, 0.15) is 30.9 Å². The van der Waals surface area contributed by atoms with Gasteiger partial charge in [0.05, 0.1) is 16.5 Å². The van der Waals surface area contributed by atoms with Crippen LogP contribution >= 0.6 is 22.6 Å². The highest BCUT2D eigenvalue weighted by molar-refractivity contribution is 14.1. The molecule has 4 rings (SSSR count). The van der Waals surface area contributed by atoms with Crippen molar-refractivity contribution in [1.82, 2.24) is 4.90 Å². The number of Topliss-reactive ketones (excluding diaryl/α,β-unsaturated/α-hetero) is 2. The number of nitro groups is 1. The second-order valence-corrected chi connectivity index (χ2v) is 10.9. The van der Waals surface area contributed by atoms with Gasteiger partial charge in [0.2, 0.25) is 11.5 Å². The molecule has 1 aromatic carbocycles. The Morgan fingerprint density at radius 3 is 2.31 bits per heavy atom. The Morgan fingerprint density at radius 2 is 1.81 bits per heavy atom. The molecule has 3 aliphatic rings. The van der Waals surface area contributed by atoms with Gasteiger partial charge in [0.15, 0.2) is 11.4 Å². The minimum Gasteiger partial charge on any atom is -0.508 e. The van der Waals surface area contributed by atoms with Crippen LogP contribution in [0.2, 0.25) is 0 Å². The lowest BCUT2D eigenvalue weighted by molar-refractivity contribution is -0.386. The van der Waals surface area contributed by atoms with E-state index in [9.17, 15) is 44.9 Å². The van der Waals surface area contributed by atoms with E-state index in [2.05, 4.69) is 0 Å². The second kappa shape index (κ2) is 8.24. The SMILES string of the molecule is C[C@H]1[C@H]2C(=C(O)c3c(O)c([N+](=O)[O-])cc(I)c3[C@@H]2C)C(=O)[C@]2(O)C(O)=C(C(N)=O)C(=O)[C@@H](N(C)C)[C@H]12. The highest BCUT2D eigenvalue weighted by Gasteiger charge is 2.67. The minimum absolute atomic E-state index is 0.315. The predicted octanol–water partition coefficient (Wildman–Crippen LogP) is 1.28. The summed E-state index contributed by atoms with van der Waals surface area (Å²) in [7, 11) is 3.04. The van der Waals surface area contributed by atoms with Gasteiger partial charge in [-0.15, -0.1) is 0 Å². The van der Waals surface area contributed by atoms with Crippen LogP contribution in [0.5, 0.6) is 5.75 Å². The normalized spacial score (nSPS) is 31.8. The average Bonchev–Trinajstić information content (AvgIpc) is 2.77. The van der Waals surface area contributed by atoms with Crippen LogP contribution in [0.25, 0.3) is 5.76 Å². The zero-order valence-electron chi connectivity index (χ0n) is 19.6. The summed E-state index contributed by atoms with van der Waals surface area (Å²) in [6, 6.07) is -0.0516. The van der Waals surface area contributed by atoms with Gasteiger partial charge in [-0.25, -0.2) is 0 Å². The number of nitrogens with two attached hydrogens (primary N) is 1. The summed E-state index contributed by atoms with van der Waals surface area (Å²) in [5, 5.41) is 56.1. The van der Waals surface area contributed by atoms with Crippen LogP contribution in [0.4, 0.5) is 5.69 Å². The van der Waals surface area contributed by atoms with E-state index in [0.717, 1.165) is 6.07 Å². The van der Waals surface area contributed by atoms with E-state index >= 15 is 0 Å². The fraction of sp³-hybridized carbons (Fsp3) is 0.435.